The van der Waals surface area contributed by atoms with Crippen molar-refractivity contribution in [2.75, 3.05) is 0 Å². The molecule has 16 heavy (non-hydrogen) atoms. The van der Waals surface area contributed by atoms with Crippen LogP contribution in [0.5, 0.6) is 0 Å². The van der Waals surface area contributed by atoms with Gasteiger partial charge in [0.15, 0.2) is 0 Å². The second kappa shape index (κ2) is 4.16. The van der Waals surface area contributed by atoms with Gasteiger partial charge in [0.05, 0.1) is 0 Å². The predicted octanol–water partition coefficient (Wildman–Crippen LogP) is 1.45. The summed E-state index contributed by atoms with van der Waals surface area (Å²) in [6, 6.07) is 6.10. The molecule has 2 aromatic heterocycles. The summed E-state index contributed by atoms with van der Waals surface area (Å²) in [4.78, 5) is 14.4. The molecular formula is C11H9NO4. The molecule has 0 aliphatic heterocycles. The summed E-state index contributed by atoms with van der Waals surface area (Å²) >= 11 is 0. The second-order valence-electron chi connectivity index (χ2n) is 3.20. The Morgan fingerprint density at radius 3 is 2.75 bits per heavy atom. The fraction of sp³-hybridized carbons (Fsp3) is 0.0909. The second-order valence-corrected chi connectivity index (χ2v) is 3.20. The molecule has 2 N–H and O–H groups in total. The summed E-state index contributed by atoms with van der Waals surface area (Å²) in [5, 5.41) is 18.5. The Morgan fingerprint density at radius 2 is 2.19 bits per heavy atom. The van der Waals surface area contributed by atoms with E-state index < -0.39 is 12.1 Å². The van der Waals surface area contributed by atoms with Gasteiger partial charge < -0.3 is 14.6 Å². The van der Waals surface area contributed by atoms with E-state index in [4.69, 9.17) is 9.52 Å². The molecule has 0 saturated carbocycles. The van der Waals surface area contributed by atoms with Crippen LogP contribution in [0, 0.1) is 0 Å². The first-order chi connectivity index (χ1) is 7.68. The molecule has 1 atom stereocenters. The Morgan fingerprint density at radius 1 is 1.38 bits per heavy atom. The van der Waals surface area contributed by atoms with Gasteiger partial charge in [0, 0.05) is 18.0 Å². The van der Waals surface area contributed by atoms with Gasteiger partial charge in [0.2, 0.25) is 5.76 Å². The molecule has 2 heterocycles. The number of aliphatic hydroxyl groups excluding tert-OH is 1. The van der Waals surface area contributed by atoms with E-state index in [1.807, 2.05) is 0 Å². The van der Waals surface area contributed by atoms with E-state index in [0.717, 1.165) is 0 Å². The number of hydrogen-bond acceptors (Lipinski definition) is 4. The van der Waals surface area contributed by atoms with Gasteiger partial charge >= 0.3 is 5.97 Å². The third-order valence-electron chi connectivity index (χ3n) is 2.11. The van der Waals surface area contributed by atoms with Crippen LogP contribution < -0.4 is 0 Å². The van der Waals surface area contributed by atoms with Crippen molar-refractivity contribution in [3.05, 3.63) is 53.7 Å². The summed E-state index contributed by atoms with van der Waals surface area (Å²) in [6.45, 7) is 0. The molecule has 2 aromatic rings. The van der Waals surface area contributed by atoms with Crippen LogP contribution in [0.4, 0.5) is 0 Å². The van der Waals surface area contributed by atoms with Crippen LogP contribution in [-0.2, 0) is 0 Å². The monoisotopic (exact) mass is 219 g/mol. The zero-order valence-corrected chi connectivity index (χ0v) is 8.20. The highest BCUT2D eigenvalue weighted by Gasteiger charge is 2.17. The lowest BCUT2D eigenvalue weighted by molar-refractivity contribution is 0.0655. The van der Waals surface area contributed by atoms with Crippen molar-refractivity contribution in [2.24, 2.45) is 0 Å². The molecular weight excluding hydrogens is 210 g/mol. The summed E-state index contributed by atoms with van der Waals surface area (Å²) in [5.41, 5.74) is 0.550. The lowest BCUT2D eigenvalue weighted by atomic mass is 10.1. The van der Waals surface area contributed by atoms with Crippen LogP contribution in [0.2, 0.25) is 0 Å². The van der Waals surface area contributed by atoms with Gasteiger partial charge in [0.25, 0.3) is 0 Å². The number of aliphatic hydroxyl groups is 1. The lowest BCUT2D eigenvalue weighted by Gasteiger charge is -2.06. The first-order valence-corrected chi connectivity index (χ1v) is 4.59. The zero-order valence-electron chi connectivity index (χ0n) is 8.20. The fourth-order valence-electron chi connectivity index (χ4n) is 1.32. The van der Waals surface area contributed by atoms with E-state index in [2.05, 4.69) is 4.98 Å². The van der Waals surface area contributed by atoms with E-state index in [9.17, 15) is 9.90 Å². The Hall–Kier alpha value is -2.14. The van der Waals surface area contributed by atoms with Gasteiger partial charge in [-0.3, -0.25) is 4.98 Å². The molecule has 1 unspecified atom stereocenters. The minimum absolute atomic E-state index is 0.186. The Bertz CT molecular complexity index is 492. The van der Waals surface area contributed by atoms with Crippen LogP contribution in [0.15, 0.2) is 41.1 Å². The van der Waals surface area contributed by atoms with E-state index in [0.29, 0.717) is 5.56 Å². The molecule has 0 fully saturated rings. The average Bonchev–Trinajstić information content (AvgIpc) is 2.78. The highest BCUT2D eigenvalue weighted by atomic mass is 16.4. The van der Waals surface area contributed by atoms with Crippen LogP contribution in [0.25, 0.3) is 0 Å². The van der Waals surface area contributed by atoms with Crippen molar-refractivity contribution in [1.82, 2.24) is 4.98 Å². The van der Waals surface area contributed by atoms with Crippen molar-refractivity contribution in [1.29, 1.82) is 0 Å². The van der Waals surface area contributed by atoms with Crippen molar-refractivity contribution in [2.45, 2.75) is 6.10 Å². The van der Waals surface area contributed by atoms with Crippen molar-refractivity contribution in [3.63, 3.8) is 0 Å². The number of carbonyl (C=O) groups is 1. The molecule has 5 heteroatoms. The number of carboxylic acids is 1. The number of furan rings is 1. The quantitative estimate of drug-likeness (QED) is 0.816. The summed E-state index contributed by atoms with van der Waals surface area (Å²) < 4.78 is 4.98. The smallest absolute Gasteiger partial charge is 0.371 e. The Kier molecular flexibility index (Phi) is 2.70. The van der Waals surface area contributed by atoms with E-state index in [1.54, 1.807) is 18.3 Å². The first kappa shape index (κ1) is 10.4. The molecule has 0 spiro atoms. The minimum Gasteiger partial charge on any atom is -0.475 e. The predicted molar refractivity (Wildman–Crippen MR) is 54.0 cm³/mol. The molecule has 0 bridgehead atoms. The minimum atomic E-state index is -1.16. The Balaban J connectivity index is 2.27. The molecule has 0 saturated heterocycles. The van der Waals surface area contributed by atoms with Crippen molar-refractivity contribution >= 4 is 5.97 Å². The van der Waals surface area contributed by atoms with Gasteiger partial charge in [-0.2, -0.15) is 0 Å². The maximum atomic E-state index is 10.6. The maximum absolute atomic E-state index is 10.6. The molecule has 0 amide bonds. The molecule has 0 aliphatic rings. The topological polar surface area (TPSA) is 83.6 Å². The van der Waals surface area contributed by atoms with Crippen molar-refractivity contribution in [3.8, 4) is 0 Å². The number of carboxylic acid groups (broad SMARTS) is 1. The number of nitrogens with zero attached hydrogens (tertiary/aromatic N) is 1. The lowest BCUT2D eigenvalue weighted by Crippen LogP contribution is -1.98. The van der Waals surface area contributed by atoms with Gasteiger partial charge in [-0.25, -0.2) is 4.79 Å². The highest BCUT2D eigenvalue weighted by molar-refractivity contribution is 5.84. The first-order valence-electron chi connectivity index (χ1n) is 4.59. The molecule has 0 aromatic carbocycles. The van der Waals surface area contributed by atoms with Crippen LogP contribution in [-0.4, -0.2) is 21.2 Å². The molecule has 82 valence electrons. The average molecular weight is 219 g/mol. The molecule has 0 radical (unpaired) electrons. The van der Waals surface area contributed by atoms with Crippen LogP contribution >= 0.6 is 0 Å². The fourth-order valence-corrected chi connectivity index (χ4v) is 1.32. The third kappa shape index (κ3) is 1.94. The number of aromatic nitrogens is 1. The largest absolute Gasteiger partial charge is 0.475 e. The number of hydrogen-bond donors (Lipinski definition) is 2. The highest BCUT2D eigenvalue weighted by Crippen LogP contribution is 2.22. The standard InChI is InChI=1S/C11H9NO4/c13-10(7-2-1-5-12-6-7)8-3-4-9(16-8)11(14)15/h1-6,10,13H,(H,14,15). The summed E-state index contributed by atoms with van der Waals surface area (Å²) in [5.74, 6) is -1.17. The van der Waals surface area contributed by atoms with Gasteiger partial charge in [-0.1, -0.05) is 6.07 Å². The molecule has 0 aliphatic carbocycles. The number of rotatable bonds is 3. The SMILES string of the molecule is O=C(O)c1ccc(C(O)c2cccnc2)o1. The maximum Gasteiger partial charge on any atom is 0.371 e. The van der Waals surface area contributed by atoms with Crippen molar-refractivity contribution < 1.29 is 19.4 Å². The number of pyridine rings is 1. The summed E-state index contributed by atoms with van der Waals surface area (Å²) in [7, 11) is 0. The summed E-state index contributed by atoms with van der Waals surface area (Å²) in [6.07, 6.45) is 2.08. The Labute approximate surface area is 91.0 Å². The normalized spacial score (nSPS) is 12.3. The molecule has 2 rings (SSSR count). The van der Waals surface area contributed by atoms with E-state index in [-0.39, 0.29) is 11.5 Å². The van der Waals surface area contributed by atoms with Gasteiger partial charge in [-0.15, -0.1) is 0 Å². The van der Waals surface area contributed by atoms with Crippen LogP contribution in [0.1, 0.15) is 28.0 Å². The van der Waals surface area contributed by atoms with E-state index in [1.165, 1.54) is 18.3 Å². The molecule has 5 nitrogen and oxygen atoms in total. The third-order valence-corrected chi connectivity index (χ3v) is 2.11. The van der Waals surface area contributed by atoms with Gasteiger partial charge in [-0.05, 0) is 18.2 Å². The zero-order chi connectivity index (χ0) is 11.5. The van der Waals surface area contributed by atoms with Gasteiger partial charge in [0.1, 0.15) is 11.9 Å². The van der Waals surface area contributed by atoms with Crippen LogP contribution in [0.3, 0.4) is 0 Å². The van der Waals surface area contributed by atoms with E-state index >= 15 is 0 Å². The number of aromatic carboxylic acids is 1.